The van der Waals surface area contributed by atoms with Crippen molar-refractivity contribution in [2.45, 2.75) is 26.3 Å². The van der Waals surface area contributed by atoms with Crippen LogP contribution in [0.25, 0.3) is 0 Å². The van der Waals surface area contributed by atoms with Gasteiger partial charge in [-0.2, -0.15) is 0 Å². The van der Waals surface area contributed by atoms with Gasteiger partial charge in [0.25, 0.3) is 5.91 Å². The van der Waals surface area contributed by atoms with Crippen molar-refractivity contribution in [2.24, 2.45) is 5.92 Å². The Morgan fingerprint density at radius 3 is 2.40 bits per heavy atom. The van der Waals surface area contributed by atoms with Crippen LogP contribution in [0.3, 0.4) is 0 Å². The molecule has 2 aromatic rings. The Hall–Kier alpha value is -3.39. The summed E-state index contributed by atoms with van der Waals surface area (Å²) in [6.07, 6.45) is 1.56. The van der Waals surface area contributed by atoms with Crippen LogP contribution in [-0.2, 0) is 11.3 Å². The van der Waals surface area contributed by atoms with E-state index < -0.39 is 0 Å². The average molecular weight is 478 g/mol. The highest BCUT2D eigenvalue weighted by Crippen LogP contribution is 2.19. The maximum atomic E-state index is 12.8. The lowest BCUT2D eigenvalue weighted by Gasteiger charge is -2.32. The Balaban J connectivity index is 1.25. The molecule has 4 amide bonds. The number of nitrogens with zero attached hydrogens (tertiary/aromatic N) is 3. The number of amides is 4. The smallest absolute Gasteiger partial charge is 0.321 e. The van der Waals surface area contributed by atoms with E-state index in [1.165, 1.54) is 0 Å². The minimum Gasteiger partial charge on any atom is -0.352 e. The first-order valence-electron chi connectivity index (χ1n) is 12.4. The van der Waals surface area contributed by atoms with E-state index in [-0.39, 0.29) is 23.8 Å². The topological polar surface area (TPSA) is 85.0 Å². The van der Waals surface area contributed by atoms with Crippen LogP contribution >= 0.6 is 0 Å². The Bertz CT molecular complexity index is 1050. The SMILES string of the molecule is Cc1cccc(NC(=O)N2CCCC(C(=O)NCc3ccc(C(=O)N4CCN(C)CC4)cc3)C2)c1. The van der Waals surface area contributed by atoms with Crippen molar-refractivity contribution >= 4 is 23.5 Å². The van der Waals surface area contributed by atoms with Crippen LogP contribution in [-0.4, -0.2) is 78.9 Å². The lowest BCUT2D eigenvalue weighted by atomic mass is 9.97. The van der Waals surface area contributed by atoms with Crippen molar-refractivity contribution in [3.05, 3.63) is 65.2 Å². The van der Waals surface area contributed by atoms with Gasteiger partial charge in [-0.05, 0) is 62.2 Å². The van der Waals surface area contributed by atoms with Crippen LogP contribution in [0.5, 0.6) is 0 Å². The summed E-state index contributed by atoms with van der Waals surface area (Å²) < 4.78 is 0. The van der Waals surface area contributed by atoms with Crippen molar-refractivity contribution in [3.8, 4) is 0 Å². The number of hydrogen-bond acceptors (Lipinski definition) is 4. The fraction of sp³-hybridized carbons (Fsp3) is 0.444. The monoisotopic (exact) mass is 477 g/mol. The van der Waals surface area contributed by atoms with Crippen molar-refractivity contribution in [2.75, 3.05) is 51.6 Å². The molecule has 8 nitrogen and oxygen atoms in total. The van der Waals surface area contributed by atoms with E-state index in [4.69, 9.17) is 0 Å². The van der Waals surface area contributed by atoms with Crippen molar-refractivity contribution in [1.82, 2.24) is 20.0 Å². The molecule has 186 valence electrons. The normalized spacial score (nSPS) is 18.7. The predicted molar refractivity (Wildman–Crippen MR) is 136 cm³/mol. The summed E-state index contributed by atoms with van der Waals surface area (Å²) >= 11 is 0. The molecule has 2 aromatic carbocycles. The number of aryl methyl sites for hydroxylation is 1. The van der Waals surface area contributed by atoms with Gasteiger partial charge in [0, 0.05) is 57.1 Å². The molecule has 2 saturated heterocycles. The first kappa shape index (κ1) is 24.7. The zero-order valence-electron chi connectivity index (χ0n) is 20.6. The number of likely N-dealkylation sites (tertiary alicyclic amines) is 1. The third-order valence-corrected chi connectivity index (χ3v) is 6.81. The van der Waals surface area contributed by atoms with Gasteiger partial charge in [-0.1, -0.05) is 24.3 Å². The summed E-state index contributed by atoms with van der Waals surface area (Å²) in [7, 11) is 2.07. The molecule has 0 bridgehead atoms. The number of carbonyl (C=O) groups excluding carboxylic acids is 3. The Labute approximate surface area is 207 Å². The fourth-order valence-corrected chi connectivity index (χ4v) is 4.59. The second-order valence-electron chi connectivity index (χ2n) is 9.60. The van der Waals surface area contributed by atoms with E-state index in [1.807, 2.05) is 60.4 Å². The van der Waals surface area contributed by atoms with Crippen molar-refractivity contribution < 1.29 is 14.4 Å². The number of piperidine rings is 1. The standard InChI is InChI=1S/C27H35N5O3/c1-20-5-3-7-24(17-20)29-27(35)32-12-4-6-23(19-32)25(33)28-18-21-8-10-22(11-9-21)26(34)31-15-13-30(2)14-16-31/h3,5,7-11,17,23H,4,6,12-16,18-19H2,1-2H3,(H,28,33)(H,29,35). The highest BCUT2D eigenvalue weighted by Gasteiger charge is 2.28. The molecule has 2 aliphatic rings. The van der Waals surface area contributed by atoms with Crippen LogP contribution in [0, 0.1) is 12.8 Å². The minimum absolute atomic E-state index is 0.0457. The fourth-order valence-electron chi connectivity index (χ4n) is 4.59. The molecule has 8 heteroatoms. The molecule has 4 rings (SSSR count). The van der Waals surface area contributed by atoms with Gasteiger partial charge in [0.15, 0.2) is 0 Å². The summed E-state index contributed by atoms with van der Waals surface area (Å²) in [6, 6.07) is 15.0. The molecule has 0 radical (unpaired) electrons. The van der Waals surface area contributed by atoms with Gasteiger partial charge in [0.1, 0.15) is 0 Å². The lowest BCUT2D eigenvalue weighted by Crippen LogP contribution is -2.47. The van der Waals surface area contributed by atoms with E-state index in [1.54, 1.807) is 4.90 Å². The molecule has 2 N–H and O–H groups in total. The number of hydrogen-bond donors (Lipinski definition) is 2. The third kappa shape index (κ3) is 6.60. The van der Waals surface area contributed by atoms with E-state index in [2.05, 4.69) is 22.6 Å². The number of piperazine rings is 1. The van der Waals surface area contributed by atoms with Gasteiger partial charge in [0.05, 0.1) is 5.92 Å². The summed E-state index contributed by atoms with van der Waals surface area (Å²) in [6.45, 7) is 6.70. The van der Waals surface area contributed by atoms with Crippen molar-refractivity contribution in [1.29, 1.82) is 0 Å². The van der Waals surface area contributed by atoms with Crippen LogP contribution in [0.2, 0.25) is 0 Å². The third-order valence-electron chi connectivity index (χ3n) is 6.81. The largest absolute Gasteiger partial charge is 0.352 e. The second-order valence-corrected chi connectivity index (χ2v) is 9.60. The first-order chi connectivity index (χ1) is 16.9. The number of benzene rings is 2. The van der Waals surface area contributed by atoms with Gasteiger partial charge in [-0.25, -0.2) is 4.79 Å². The summed E-state index contributed by atoms with van der Waals surface area (Å²) in [5.74, 6) is -0.222. The molecule has 0 spiro atoms. The van der Waals surface area contributed by atoms with Gasteiger partial charge in [-0.3, -0.25) is 9.59 Å². The number of urea groups is 1. The van der Waals surface area contributed by atoms with E-state index in [0.717, 1.165) is 55.8 Å². The van der Waals surface area contributed by atoms with E-state index in [9.17, 15) is 14.4 Å². The molecule has 35 heavy (non-hydrogen) atoms. The van der Waals surface area contributed by atoms with Gasteiger partial charge in [0.2, 0.25) is 5.91 Å². The molecular weight excluding hydrogens is 442 g/mol. The van der Waals surface area contributed by atoms with Crippen LogP contribution in [0.1, 0.15) is 34.3 Å². The number of likely N-dealkylation sites (N-methyl/N-ethyl adjacent to an activating group) is 1. The van der Waals surface area contributed by atoms with Gasteiger partial charge < -0.3 is 25.3 Å². The minimum atomic E-state index is -0.231. The summed E-state index contributed by atoms with van der Waals surface area (Å²) in [4.78, 5) is 44.0. The van der Waals surface area contributed by atoms with Crippen LogP contribution in [0.15, 0.2) is 48.5 Å². The first-order valence-corrected chi connectivity index (χ1v) is 12.4. The van der Waals surface area contributed by atoms with Gasteiger partial charge in [-0.15, -0.1) is 0 Å². The maximum Gasteiger partial charge on any atom is 0.321 e. The number of rotatable bonds is 5. The Kier molecular flexibility index (Phi) is 8.02. The molecule has 1 atom stereocenters. The predicted octanol–water partition coefficient (Wildman–Crippen LogP) is 2.94. The van der Waals surface area contributed by atoms with E-state index in [0.29, 0.717) is 25.2 Å². The maximum absolute atomic E-state index is 12.8. The van der Waals surface area contributed by atoms with Crippen LogP contribution in [0.4, 0.5) is 10.5 Å². The lowest BCUT2D eigenvalue weighted by molar-refractivity contribution is -0.126. The summed E-state index contributed by atoms with van der Waals surface area (Å²) in [5.41, 5.74) is 3.46. The Morgan fingerprint density at radius 2 is 1.69 bits per heavy atom. The number of anilines is 1. The van der Waals surface area contributed by atoms with Gasteiger partial charge >= 0.3 is 6.03 Å². The number of nitrogens with one attached hydrogen (secondary N) is 2. The quantitative estimate of drug-likeness (QED) is 0.694. The molecular formula is C27H35N5O3. The molecule has 1 unspecified atom stereocenters. The molecule has 0 aromatic heterocycles. The summed E-state index contributed by atoms with van der Waals surface area (Å²) in [5, 5.41) is 5.94. The molecule has 2 heterocycles. The zero-order chi connectivity index (χ0) is 24.8. The number of carbonyl (C=O) groups is 3. The van der Waals surface area contributed by atoms with Crippen LogP contribution < -0.4 is 10.6 Å². The highest BCUT2D eigenvalue weighted by molar-refractivity contribution is 5.94. The highest BCUT2D eigenvalue weighted by atomic mass is 16.2. The molecule has 0 aliphatic carbocycles. The molecule has 2 fully saturated rings. The zero-order valence-corrected chi connectivity index (χ0v) is 20.6. The average Bonchev–Trinajstić information content (AvgIpc) is 2.87. The van der Waals surface area contributed by atoms with E-state index >= 15 is 0 Å². The molecule has 2 aliphatic heterocycles. The molecule has 0 saturated carbocycles. The second kappa shape index (κ2) is 11.4. The Morgan fingerprint density at radius 1 is 0.943 bits per heavy atom. The van der Waals surface area contributed by atoms with Crippen molar-refractivity contribution in [3.63, 3.8) is 0 Å².